The van der Waals surface area contributed by atoms with Crippen LogP contribution in [0.2, 0.25) is 0 Å². The normalized spacial score (nSPS) is 29.7. The molecule has 1 aliphatic carbocycles. The first-order valence-corrected chi connectivity index (χ1v) is 4.93. The molecule has 70 valence electrons. The van der Waals surface area contributed by atoms with Crippen molar-refractivity contribution in [2.45, 2.75) is 39.0 Å². The lowest BCUT2D eigenvalue weighted by Gasteiger charge is -2.14. The number of ketones is 1. The Kier molecular flexibility index (Phi) is 3.73. The third-order valence-electron chi connectivity index (χ3n) is 2.87. The highest BCUT2D eigenvalue weighted by Crippen LogP contribution is 2.32. The summed E-state index contributed by atoms with van der Waals surface area (Å²) in [7, 11) is 0. The second kappa shape index (κ2) is 4.61. The molecule has 0 saturated heterocycles. The molecular formula is C10H18O2. The predicted molar refractivity (Wildman–Crippen MR) is 47.8 cm³/mol. The van der Waals surface area contributed by atoms with Crippen LogP contribution < -0.4 is 0 Å². The summed E-state index contributed by atoms with van der Waals surface area (Å²) in [6.07, 6.45) is 5.19. The Balaban J connectivity index is 2.38. The van der Waals surface area contributed by atoms with Crippen LogP contribution in [0.4, 0.5) is 0 Å². The summed E-state index contributed by atoms with van der Waals surface area (Å²) in [5.74, 6) is 0.720. The smallest absolute Gasteiger partial charge is 0.138 e. The SMILES string of the molecule is CCCC[C@H]1CCC(=O)[C@@H]1CO. The van der Waals surface area contributed by atoms with Crippen molar-refractivity contribution in [1.29, 1.82) is 0 Å². The first kappa shape index (κ1) is 9.72. The summed E-state index contributed by atoms with van der Waals surface area (Å²) >= 11 is 0. The third-order valence-corrected chi connectivity index (χ3v) is 2.87. The van der Waals surface area contributed by atoms with Gasteiger partial charge in [-0.1, -0.05) is 19.8 Å². The van der Waals surface area contributed by atoms with Gasteiger partial charge in [-0.05, 0) is 18.8 Å². The van der Waals surface area contributed by atoms with Crippen LogP contribution in [-0.4, -0.2) is 17.5 Å². The van der Waals surface area contributed by atoms with Crippen molar-refractivity contribution in [2.75, 3.05) is 6.61 Å². The summed E-state index contributed by atoms with van der Waals surface area (Å²) in [6.45, 7) is 2.22. The Hall–Kier alpha value is -0.370. The minimum absolute atomic E-state index is 0.0310. The molecule has 2 heteroatoms. The van der Waals surface area contributed by atoms with Gasteiger partial charge in [0.2, 0.25) is 0 Å². The van der Waals surface area contributed by atoms with Crippen LogP contribution in [0.15, 0.2) is 0 Å². The second-order valence-electron chi connectivity index (χ2n) is 3.70. The molecule has 0 radical (unpaired) electrons. The molecule has 0 aromatic heterocycles. The van der Waals surface area contributed by atoms with Crippen LogP contribution in [0.3, 0.4) is 0 Å². The van der Waals surface area contributed by atoms with E-state index in [1.807, 2.05) is 0 Å². The molecule has 1 fully saturated rings. The fourth-order valence-electron chi connectivity index (χ4n) is 2.04. The van der Waals surface area contributed by atoms with Gasteiger partial charge in [-0.15, -0.1) is 0 Å². The largest absolute Gasteiger partial charge is 0.396 e. The Morgan fingerprint density at radius 3 is 2.92 bits per heavy atom. The van der Waals surface area contributed by atoms with Gasteiger partial charge in [0.1, 0.15) is 5.78 Å². The van der Waals surface area contributed by atoms with E-state index in [4.69, 9.17) is 5.11 Å². The molecule has 0 amide bonds. The molecule has 0 aliphatic heterocycles. The van der Waals surface area contributed by atoms with E-state index in [9.17, 15) is 4.79 Å². The van der Waals surface area contributed by atoms with Gasteiger partial charge < -0.3 is 5.11 Å². The molecule has 1 saturated carbocycles. The fourth-order valence-corrected chi connectivity index (χ4v) is 2.04. The van der Waals surface area contributed by atoms with E-state index in [1.165, 1.54) is 12.8 Å². The zero-order valence-corrected chi connectivity index (χ0v) is 7.75. The maximum atomic E-state index is 11.2. The molecule has 1 N–H and O–H groups in total. The Morgan fingerprint density at radius 1 is 1.58 bits per heavy atom. The van der Waals surface area contributed by atoms with Crippen LogP contribution in [0.5, 0.6) is 0 Å². The van der Waals surface area contributed by atoms with Crippen molar-refractivity contribution in [3.05, 3.63) is 0 Å². The average Bonchev–Trinajstić information content (AvgIpc) is 2.43. The number of hydrogen-bond acceptors (Lipinski definition) is 2. The highest BCUT2D eigenvalue weighted by atomic mass is 16.3. The second-order valence-corrected chi connectivity index (χ2v) is 3.70. The number of unbranched alkanes of at least 4 members (excludes halogenated alkanes) is 1. The lowest BCUT2D eigenvalue weighted by Crippen LogP contribution is -2.18. The number of aliphatic hydroxyl groups is 1. The number of aliphatic hydroxyl groups excluding tert-OH is 1. The van der Waals surface area contributed by atoms with Crippen molar-refractivity contribution in [3.63, 3.8) is 0 Å². The molecule has 0 spiro atoms. The van der Waals surface area contributed by atoms with Gasteiger partial charge in [-0.3, -0.25) is 4.79 Å². The fraction of sp³-hybridized carbons (Fsp3) is 0.900. The maximum absolute atomic E-state index is 11.2. The first-order chi connectivity index (χ1) is 5.79. The van der Waals surface area contributed by atoms with Crippen LogP contribution in [0.1, 0.15) is 39.0 Å². The van der Waals surface area contributed by atoms with Crippen molar-refractivity contribution in [1.82, 2.24) is 0 Å². The molecular weight excluding hydrogens is 152 g/mol. The van der Waals surface area contributed by atoms with Crippen molar-refractivity contribution in [3.8, 4) is 0 Å². The number of carbonyl (C=O) groups excluding carboxylic acids is 1. The van der Waals surface area contributed by atoms with E-state index in [2.05, 4.69) is 6.92 Å². The topological polar surface area (TPSA) is 37.3 Å². The molecule has 0 bridgehead atoms. The van der Waals surface area contributed by atoms with Crippen molar-refractivity contribution in [2.24, 2.45) is 11.8 Å². The zero-order valence-electron chi connectivity index (χ0n) is 7.75. The van der Waals surface area contributed by atoms with E-state index in [0.717, 1.165) is 12.8 Å². The molecule has 0 unspecified atom stereocenters. The molecule has 2 atom stereocenters. The van der Waals surface area contributed by atoms with Crippen LogP contribution in [0.25, 0.3) is 0 Å². The number of carbonyl (C=O) groups is 1. The Bertz CT molecular complexity index is 154. The van der Waals surface area contributed by atoms with Crippen LogP contribution >= 0.6 is 0 Å². The summed E-state index contributed by atoms with van der Waals surface area (Å²) in [5.41, 5.74) is 0. The average molecular weight is 170 g/mol. The van der Waals surface area contributed by atoms with E-state index in [-0.39, 0.29) is 18.3 Å². The molecule has 12 heavy (non-hydrogen) atoms. The molecule has 0 aromatic rings. The van der Waals surface area contributed by atoms with Gasteiger partial charge in [0.05, 0.1) is 6.61 Å². The predicted octanol–water partition coefficient (Wildman–Crippen LogP) is 1.76. The number of rotatable bonds is 4. The minimum atomic E-state index is -0.0310. The highest BCUT2D eigenvalue weighted by Gasteiger charge is 2.32. The van der Waals surface area contributed by atoms with Gasteiger partial charge in [0, 0.05) is 12.3 Å². The molecule has 0 aromatic carbocycles. The van der Waals surface area contributed by atoms with E-state index in [1.54, 1.807) is 0 Å². The van der Waals surface area contributed by atoms with Gasteiger partial charge in [-0.2, -0.15) is 0 Å². The van der Waals surface area contributed by atoms with Crippen molar-refractivity contribution < 1.29 is 9.90 Å². The quantitative estimate of drug-likeness (QED) is 0.698. The Morgan fingerprint density at radius 2 is 2.33 bits per heavy atom. The molecule has 1 rings (SSSR count). The molecule has 0 heterocycles. The summed E-state index contributed by atoms with van der Waals surface area (Å²) in [4.78, 5) is 11.2. The van der Waals surface area contributed by atoms with Gasteiger partial charge >= 0.3 is 0 Å². The summed E-state index contributed by atoms with van der Waals surface area (Å²) < 4.78 is 0. The summed E-state index contributed by atoms with van der Waals surface area (Å²) in [5, 5.41) is 8.99. The standard InChI is InChI=1S/C10H18O2/c1-2-3-4-8-5-6-10(12)9(8)7-11/h8-9,11H,2-7H2,1H3/t8-,9+/m0/s1. The van der Waals surface area contributed by atoms with E-state index < -0.39 is 0 Å². The van der Waals surface area contributed by atoms with Crippen LogP contribution in [-0.2, 0) is 4.79 Å². The van der Waals surface area contributed by atoms with Gasteiger partial charge in [0.25, 0.3) is 0 Å². The lowest BCUT2D eigenvalue weighted by atomic mass is 9.91. The van der Waals surface area contributed by atoms with E-state index in [0.29, 0.717) is 12.3 Å². The lowest BCUT2D eigenvalue weighted by molar-refractivity contribution is -0.122. The number of hydrogen-bond donors (Lipinski definition) is 1. The highest BCUT2D eigenvalue weighted by molar-refractivity contribution is 5.83. The number of Topliss-reactive ketones (excluding diaryl/α,β-unsaturated/α-hetero) is 1. The maximum Gasteiger partial charge on any atom is 0.138 e. The molecule has 1 aliphatic rings. The van der Waals surface area contributed by atoms with Crippen molar-refractivity contribution >= 4 is 5.78 Å². The van der Waals surface area contributed by atoms with E-state index >= 15 is 0 Å². The van der Waals surface area contributed by atoms with Gasteiger partial charge in [-0.25, -0.2) is 0 Å². The monoisotopic (exact) mass is 170 g/mol. The summed E-state index contributed by atoms with van der Waals surface area (Å²) in [6, 6.07) is 0. The minimum Gasteiger partial charge on any atom is -0.396 e. The third kappa shape index (κ3) is 2.07. The zero-order chi connectivity index (χ0) is 8.97. The first-order valence-electron chi connectivity index (χ1n) is 4.93. The Labute approximate surface area is 74.0 Å². The van der Waals surface area contributed by atoms with Gasteiger partial charge in [0.15, 0.2) is 0 Å². The van der Waals surface area contributed by atoms with Crippen LogP contribution in [0, 0.1) is 11.8 Å². The molecule has 2 nitrogen and oxygen atoms in total.